The highest BCUT2D eigenvalue weighted by molar-refractivity contribution is 6.30. The molecule has 0 amide bonds. The van der Waals surface area contributed by atoms with Crippen molar-refractivity contribution in [2.45, 2.75) is 13.2 Å². The molecule has 0 radical (unpaired) electrons. The average Bonchev–Trinajstić information content (AvgIpc) is 2.38. The number of halogens is 3. The molecule has 1 N–H and O–H groups in total. The smallest absolute Gasteiger partial charge is 0.191 e. The molecule has 0 aliphatic carbocycles. The summed E-state index contributed by atoms with van der Waals surface area (Å²) in [6.45, 7) is 0.447. The van der Waals surface area contributed by atoms with Gasteiger partial charge >= 0.3 is 0 Å². The molecule has 0 bridgehead atoms. The number of hydrogen-bond donors (Lipinski definition) is 1. The number of ether oxygens (including phenoxy) is 1. The van der Waals surface area contributed by atoms with Gasteiger partial charge in [-0.1, -0.05) is 23.7 Å². The molecule has 0 aromatic heterocycles. The topological polar surface area (TPSA) is 21.3 Å². The summed E-state index contributed by atoms with van der Waals surface area (Å²) in [6.07, 6.45) is 0. The van der Waals surface area contributed by atoms with Crippen molar-refractivity contribution in [2.24, 2.45) is 0 Å². The van der Waals surface area contributed by atoms with Gasteiger partial charge in [-0.2, -0.15) is 0 Å². The van der Waals surface area contributed by atoms with Gasteiger partial charge in [-0.3, -0.25) is 0 Å². The van der Waals surface area contributed by atoms with E-state index >= 15 is 0 Å². The Balaban J connectivity index is 2.13. The van der Waals surface area contributed by atoms with Crippen molar-refractivity contribution in [3.05, 3.63) is 64.2 Å². The Morgan fingerprint density at radius 3 is 2.40 bits per heavy atom. The van der Waals surface area contributed by atoms with Gasteiger partial charge < -0.3 is 10.1 Å². The van der Waals surface area contributed by atoms with Crippen LogP contribution in [0.5, 0.6) is 5.75 Å². The Labute approximate surface area is 121 Å². The fourth-order valence-electron chi connectivity index (χ4n) is 1.84. The number of rotatable bonds is 5. The lowest BCUT2D eigenvalue weighted by Crippen LogP contribution is -2.07. The second-order valence-electron chi connectivity index (χ2n) is 4.34. The molecular weight excluding hydrogens is 284 g/mol. The zero-order valence-electron chi connectivity index (χ0n) is 10.9. The minimum Gasteiger partial charge on any atom is -0.483 e. The van der Waals surface area contributed by atoms with E-state index in [0.717, 1.165) is 5.56 Å². The molecule has 2 aromatic rings. The van der Waals surface area contributed by atoms with Crippen LogP contribution < -0.4 is 10.1 Å². The third kappa shape index (κ3) is 3.68. The zero-order valence-corrected chi connectivity index (χ0v) is 11.7. The fourth-order valence-corrected chi connectivity index (χ4v) is 2.05. The summed E-state index contributed by atoms with van der Waals surface area (Å²) in [5, 5.41) is 3.39. The van der Waals surface area contributed by atoms with E-state index in [1.54, 1.807) is 31.3 Å². The van der Waals surface area contributed by atoms with Crippen molar-refractivity contribution in [2.75, 3.05) is 7.05 Å². The molecule has 5 heteroatoms. The second kappa shape index (κ2) is 6.68. The van der Waals surface area contributed by atoms with Crippen molar-refractivity contribution in [3.8, 4) is 5.75 Å². The second-order valence-corrected chi connectivity index (χ2v) is 4.77. The summed E-state index contributed by atoms with van der Waals surface area (Å²) in [6, 6.07) is 9.45. The van der Waals surface area contributed by atoms with Crippen LogP contribution in [0.1, 0.15) is 11.1 Å². The maximum absolute atomic E-state index is 13.8. The first-order chi connectivity index (χ1) is 9.60. The van der Waals surface area contributed by atoms with Gasteiger partial charge in [-0.15, -0.1) is 0 Å². The van der Waals surface area contributed by atoms with Crippen molar-refractivity contribution in [1.82, 2.24) is 5.32 Å². The Morgan fingerprint density at radius 2 is 1.80 bits per heavy atom. The van der Waals surface area contributed by atoms with Crippen LogP contribution in [0.15, 0.2) is 36.4 Å². The van der Waals surface area contributed by atoms with Crippen LogP contribution in [0.4, 0.5) is 8.78 Å². The Bertz CT molecular complexity index is 581. The highest BCUT2D eigenvalue weighted by Gasteiger charge is 2.12. The molecule has 0 aliphatic heterocycles. The van der Waals surface area contributed by atoms with Crippen LogP contribution in [-0.4, -0.2) is 7.05 Å². The largest absolute Gasteiger partial charge is 0.483 e. The number of hydrogen-bond acceptors (Lipinski definition) is 2. The minimum absolute atomic E-state index is 0.0553. The van der Waals surface area contributed by atoms with E-state index in [9.17, 15) is 8.78 Å². The zero-order chi connectivity index (χ0) is 14.5. The van der Waals surface area contributed by atoms with Crippen LogP contribution in [0.3, 0.4) is 0 Å². The van der Waals surface area contributed by atoms with Crippen LogP contribution in [0, 0.1) is 11.6 Å². The van der Waals surface area contributed by atoms with Gasteiger partial charge in [0, 0.05) is 11.6 Å². The van der Waals surface area contributed by atoms with Gasteiger partial charge in [0.1, 0.15) is 6.61 Å². The van der Waals surface area contributed by atoms with E-state index in [-0.39, 0.29) is 12.4 Å². The third-order valence-electron chi connectivity index (χ3n) is 2.71. The monoisotopic (exact) mass is 297 g/mol. The molecule has 2 rings (SSSR count). The first kappa shape index (κ1) is 14.8. The van der Waals surface area contributed by atoms with Gasteiger partial charge in [-0.05, 0) is 42.4 Å². The molecule has 0 fully saturated rings. The average molecular weight is 298 g/mol. The molecule has 0 heterocycles. The predicted molar refractivity (Wildman–Crippen MR) is 74.9 cm³/mol. The Kier molecular flexibility index (Phi) is 4.93. The van der Waals surface area contributed by atoms with Crippen LogP contribution >= 0.6 is 11.6 Å². The van der Waals surface area contributed by atoms with E-state index in [2.05, 4.69) is 5.32 Å². The summed E-state index contributed by atoms with van der Waals surface area (Å²) in [4.78, 5) is 0. The highest BCUT2D eigenvalue weighted by Crippen LogP contribution is 2.24. The lowest BCUT2D eigenvalue weighted by molar-refractivity contribution is 0.274. The lowest BCUT2D eigenvalue weighted by atomic mass is 10.2. The molecule has 0 spiro atoms. The first-order valence-electron chi connectivity index (χ1n) is 6.10. The van der Waals surface area contributed by atoms with E-state index in [1.807, 2.05) is 0 Å². The molecule has 0 saturated heterocycles. The molecule has 106 valence electrons. The molecule has 2 aromatic carbocycles. The summed E-state index contributed by atoms with van der Waals surface area (Å²) in [5.74, 6) is -1.79. The fraction of sp³-hybridized carbons (Fsp3) is 0.200. The number of nitrogens with one attached hydrogen (secondary N) is 1. The molecule has 20 heavy (non-hydrogen) atoms. The van der Waals surface area contributed by atoms with Crippen molar-refractivity contribution < 1.29 is 13.5 Å². The molecule has 0 aliphatic rings. The molecular formula is C15H14ClF2NO. The van der Waals surface area contributed by atoms with Gasteiger partial charge in [0.15, 0.2) is 17.4 Å². The summed E-state index contributed by atoms with van der Waals surface area (Å²) in [7, 11) is 1.71. The lowest BCUT2D eigenvalue weighted by Gasteiger charge is -2.10. The normalized spacial score (nSPS) is 10.6. The van der Waals surface area contributed by atoms with Gasteiger partial charge in [0.05, 0.1) is 0 Å². The summed E-state index contributed by atoms with van der Waals surface area (Å²) < 4.78 is 32.8. The van der Waals surface area contributed by atoms with Crippen molar-refractivity contribution in [3.63, 3.8) is 0 Å². The van der Waals surface area contributed by atoms with E-state index < -0.39 is 11.6 Å². The first-order valence-corrected chi connectivity index (χ1v) is 6.47. The van der Waals surface area contributed by atoms with Gasteiger partial charge in [-0.25, -0.2) is 8.78 Å². The van der Waals surface area contributed by atoms with Crippen molar-refractivity contribution >= 4 is 11.6 Å². The van der Waals surface area contributed by atoms with Gasteiger partial charge in [0.2, 0.25) is 0 Å². The van der Waals surface area contributed by atoms with Crippen LogP contribution in [0.2, 0.25) is 5.02 Å². The quantitative estimate of drug-likeness (QED) is 0.903. The summed E-state index contributed by atoms with van der Waals surface area (Å²) >= 11 is 5.83. The van der Waals surface area contributed by atoms with Crippen LogP contribution in [0.25, 0.3) is 0 Å². The maximum atomic E-state index is 13.8. The van der Waals surface area contributed by atoms with E-state index in [0.29, 0.717) is 17.1 Å². The maximum Gasteiger partial charge on any atom is 0.191 e. The summed E-state index contributed by atoms with van der Waals surface area (Å²) in [5.41, 5.74) is 1.27. The third-order valence-corrected chi connectivity index (χ3v) is 2.95. The Hall–Kier alpha value is -1.65. The number of benzene rings is 2. The van der Waals surface area contributed by atoms with E-state index in [4.69, 9.17) is 16.3 Å². The molecule has 0 saturated carbocycles. The molecule has 2 nitrogen and oxygen atoms in total. The van der Waals surface area contributed by atoms with Crippen LogP contribution in [-0.2, 0) is 13.2 Å². The molecule has 0 unspecified atom stereocenters. The van der Waals surface area contributed by atoms with E-state index in [1.165, 1.54) is 12.1 Å². The predicted octanol–water partition coefficient (Wildman–Crippen LogP) is 3.92. The SMILES string of the molecule is CNCc1cc(F)c(OCc2cccc(Cl)c2)c(F)c1. The minimum atomic E-state index is -0.711. The van der Waals surface area contributed by atoms with Gasteiger partial charge in [0.25, 0.3) is 0 Å². The van der Waals surface area contributed by atoms with Crippen molar-refractivity contribution in [1.29, 1.82) is 0 Å². The standard InChI is InChI=1S/C15H14ClF2NO/c1-19-8-11-6-13(17)15(14(18)7-11)20-9-10-3-2-4-12(16)5-10/h2-7,19H,8-9H2,1H3. The molecule has 0 atom stereocenters. The highest BCUT2D eigenvalue weighted by atomic mass is 35.5. The Morgan fingerprint density at radius 1 is 1.10 bits per heavy atom.